The van der Waals surface area contributed by atoms with Crippen molar-refractivity contribution in [3.05, 3.63) is 29.8 Å². The van der Waals surface area contributed by atoms with Crippen LogP contribution in [0.4, 0.5) is 5.69 Å². The number of piperidine rings is 1. The summed E-state index contributed by atoms with van der Waals surface area (Å²) in [6.45, 7) is 8.16. The first-order valence-corrected chi connectivity index (χ1v) is 10.6. The lowest BCUT2D eigenvalue weighted by Crippen LogP contribution is -2.37. The summed E-state index contributed by atoms with van der Waals surface area (Å²) in [6.07, 6.45) is 6.32. The second-order valence-electron chi connectivity index (χ2n) is 8.06. The molecule has 158 valence electrons. The number of benzene rings is 1. The third-order valence-corrected chi connectivity index (χ3v) is 5.58. The number of hydrogen-bond donors (Lipinski definition) is 2. The maximum absolute atomic E-state index is 5.67. The van der Waals surface area contributed by atoms with Crippen molar-refractivity contribution in [3.63, 3.8) is 0 Å². The van der Waals surface area contributed by atoms with Crippen LogP contribution in [0.1, 0.15) is 44.6 Å². The molecule has 0 bridgehead atoms. The quantitative estimate of drug-likeness (QED) is 0.233. The molecule has 0 spiro atoms. The molecular formula is C22H37IN4O. The molecule has 0 amide bonds. The van der Waals surface area contributed by atoms with Gasteiger partial charge < -0.3 is 20.3 Å². The highest BCUT2D eigenvalue weighted by Crippen LogP contribution is 2.28. The van der Waals surface area contributed by atoms with Crippen molar-refractivity contribution in [2.45, 2.75) is 45.6 Å². The van der Waals surface area contributed by atoms with Crippen LogP contribution in [0.2, 0.25) is 0 Å². The highest BCUT2D eigenvalue weighted by atomic mass is 127. The van der Waals surface area contributed by atoms with Crippen LogP contribution in [0.15, 0.2) is 29.3 Å². The van der Waals surface area contributed by atoms with Crippen LogP contribution in [-0.4, -0.2) is 45.9 Å². The normalized spacial score (nSPS) is 17.9. The van der Waals surface area contributed by atoms with Gasteiger partial charge in [0.15, 0.2) is 5.96 Å². The van der Waals surface area contributed by atoms with Gasteiger partial charge in [0, 0.05) is 52.1 Å². The van der Waals surface area contributed by atoms with E-state index in [2.05, 4.69) is 51.7 Å². The lowest BCUT2D eigenvalue weighted by molar-refractivity contribution is 0.123. The topological polar surface area (TPSA) is 48.9 Å². The molecule has 1 aliphatic carbocycles. The first-order chi connectivity index (χ1) is 13.2. The van der Waals surface area contributed by atoms with Crippen LogP contribution < -0.4 is 15.5 Å². The van der Waals surface area contributed by atoms with E-state index < -0.39 is 0 Å². The molecule has 5 nitrogen and oxygen atoms in total. The molecule has 1 aliphatic heterocycles. The Morgan fingerprint density at radius 3 is 2.46 bits per heavy atom. The van der Waals surface area contributed by atoms with Gasteiger partial charge in [0.05, 0.1) is 0 Å². The third-order valence-electron chi connectivity index (χ3n) is 5.58. The van der Waals surface area contributed by atoms with Gasteiger partial charge in [0.2, 0.25) is 0 Å². The van der Waals surface area contributed by atoms with E-state index in [0.29, 0.717) is 0 Å². The van der Waals surface area contributed by atoms with Crippen molar-refractivity contribution >= 4 is 35.6 Å². The highest BCUT2D eigenvalue weighted by Gasteiger charge is 2.20. The van der Waals surface area contributed by atoms with E-state index in [9.17, 15) is 0 Å². The average molecular weight is 500 g/mol. The lowest BCUT2D eigenvalue weighted by atomic mass is 9.99. The Morgan fingerprint density at radius 2 is 1.82 bits per heavy atom. The zero-order valence-electron chi connectivity index (χ0n) is 17.5. The molecule has 0 aromatic heterocycles. The number of halogens is 1. The smallest absolute Gasteiger partial charge is 0.191 e. The summed E-state index contributed by atoms with van der Waals surface area (Å²) < 4.78 is 5.67. The van der Waals surface area contributed by atoms with Gasteiger partial charge >= 0.3 is 0 Å². The number of hydrogen-bond acceptors (Lipinski definition) is 3. The van der Waals surface area contributed by atoms with Crippen LogP contribution >= 0.6 is 24.0 Å². The molecule has 3 rings (SSSR count). The molecule has 0 unspecified atom stereocenters. The molecule has 1 heterocycles. The van der Waals surface area contributed by atoms with Crippen LogP contribution in [0.3, 0.4) is 0 Å². The Labute approximate surface area is 187 Å². The first kappa shape index (κ1) is 23.3. The Morgan fingerprint density at radius 1 is 1.11 bits per heavy atom. The molecular weight excluding hydrogens is 463 g/mol. The monoisotopic (exact) mass is 500 g/mol. The molecule has 0 radical (unpaired) electrons. The standard InChI is InChI=1S/C22H36N4O.HI/c1-18-10-13-26(14-11-18)21-8-6-19(7-9-21)16-25-22(23-2)24-12-3-15-27-17-20-4-5-20;/h6-9,18,20H,3-5,10-17H2,1-2H3,(H2,23,24,25);1H. The van der Waals surface area contributed by atoms with Gasteiger partial charge in [-0.15, -0.1) is 24.0 Å². The van der Waals surface area contributed by atoms with Gasteiger partial charge in [-0.1, -0.05) is 19.1 Å². The summed E-state index contributed by atoms with van der Waals surface area (Å²) in [5.74, 6) is 2.57. The number of guanidine groups is 1. The van der Waals surface area contributed by atoms with E-state index in [0.717, 1.165) is 50.5 Å². The largest absolute Gasteiger partial charge is 0.381 e. The third kappa shape index (κ3) is 8.15. The molecule has 2 N–H and O–H groups in total. The molecule has 1 aromatic carbocycles. The van der Waals surface area contributed by atoms with Crippen LogP contribution in [0.5, 0.6) is 0 Å². The average Bonchev–Trinajstić information content (AvgIpc) is 3.52. The SMILES string of the molecule is CN=C(NCCCOCC1CC1)NCc1ccc(N2CCC(C)CC2)cc1.I. The van der Waals surface area contributed by atoms with Crippen molar-refractivity contribution in [1.29, 1.82) is 0 Å². The molecule has 1 saturated heterocycles. The van der Waals surface area contributed by atoms with Crippen LogP contribution in [-0.2, 0) is 11.3 Å². The van der Waals surface area contributed by atoms with Gasteiger partial charge in [-0.05, 0) is 61.6 Å². The summed E-state index contributed by atoms with van der Waals surface area (Å²) in [6, 6.07) is 8.94. The summed E-state index contributed by atoms with van der Waals surface area (Å²) in [5, 5.41) is 6.76. The van der Waals surface area contributed by atoms with E-state index in [-0.39, 0.29) is 24.0 Å². The van der Waals surface area contributed by atoms with Crippen molar-refractivity contribution in [3.8, 4) is 0 Å². The minimum atomic E-state index is 0. The van der Waals surface area contributed by atoms with Crippen molar-refractivity contribution in [2.24, 2.45) is 16.8 Å². The lowest BCUT2D eigenvalue weighted by Gasteiger charge is -2.32. The predicted molar refractivity (Wildman–Crippen MR) is 129 cm³/mol. The van der Waals surface area contributed by atoms with E-state index in [4.69, 9.17) is 4.74 Å². The Kier molecular flexibility index (Phi) is 10.4. The zero-order valence-corrected chi connectivity index (χ0v) is 19.8. The fraction of sp³-hybridized carbons (Fsp3) is 0.682. The summed E-state index contributed by atoms with van der Waals surface area (Å²) in [7, 11) is 1.82. The molecule has 1 aromatic rings. The van der Waals surface area contributed by atoms with Crippen LogP contribution in [0.25, 0.3) is 0 Å². The Bertz CT molecular complexity index is 581. The zero-order chi connectivity index (χ0) is 18.9. The van der Waals surface area contributed by atoms with Gasteiger partial charge in [-0.25, -0.2) is 0 Å². The second kappa shape index (κ2) is 12.5. The van der Waals surface area contributed by atoms with Gasteiger partial charge in [-0.3, -0.25) is 4.99 Å². The number of ether oxygens (including phenoxy) is 1. The highest BCUT2D eigenvalue weighted by molar-refractivity contribution is 14.0. The van der Waals surface area contributed by atoms with Crippen molar-refractivity contribution in [2.75, 3.05) is 44.8 Å². The van der Waals surface area contributed by atoms with Crippen molar-refractivity contribution in [1.82, 2.24) is 10.6 Å². The molecule has 28 heavy (non-hydrogen) atoms. The summed E-state index contributed by atoms with van der Waals surface area (Å²) >= 11 is 0. The molecule has 0 atom stereocenters. The van der Waals surface area contributed by atoms with Gasteiger partial charge in [0.25, 0.3) is 0 Å². The molecule has 1 saturated carbocycles. The van der Waals surface area contributed by atoms with Gasteiger partial charge in [0.1, 0.15) is 0 Å². The minimum absolute atomic E-state index is 0. The molecule has 2 aliphatic rings. The minimum Gasteiger partial charge on any atom is -0.381 e. The van der Waals surface area contributed by atoms with E-state index in [1.807, 2.05) is 7.05 Å². The molecule has 6 heteroatoms. The van der Waals surface area contributed by atoms with Gasteiger partial charge in [-0.2, -0.15) is 0 Å². The number of nitrogens with zero attached hydrogens (tertiary/aromatic N) is 2. The fourth-order valence-corrected chi connectivity index (χ4v) is 3.41. The maximum atomic E-state index is 5.67. The fourth-order valence-electron chi connectivity index (χ4n) is 3.41. The Hall–Kier alpha value is -1.02. The second-order valence-corrected chi connectivity index (χ2v) is 8.06. The van der Waals surface area contributed by atoms with E-state index in [1.165, 1.54) is 50.0 Å². The predicted octanol–water partition coefficient (Wildman–Crippen LogP) is 4.02. The number of anilines is 1. The van der Waals surface area contributed by atoms with E-state index in [1.54, 1.807) is 0 Å². The molecule has 2 fully saturated rings. The Balaban J connectivity index is 0.00000280. The summed E-state index contributed by atoms with van der Waals surface area (Å²) in [4.78, 5) is 6.81. The maximum Gasteiger partial charge on any atom is 0.191 e. The number of rotatable bonds is 9. The van der Waals surface area contributed by atoms with Crippen molar-refractivity contribution < 1.29 is 4.74 Å². The van der Waals surface area contributed by atoms with Crippen LogP contribution in [0, 0.1) is 11.8 Å². The number of nitrogens with one attached hydrogen (secondary N) is 2. The van der Waals surface area contributed by atoms with E-state index >= 15 is 0 Å². The summed E-state index contributed by atoms with van der Waals surface area (Å²) in [5.41, 5.74) is 2.62. The number of aliphatic imine (C=N–C) groups is 1. The first-order valence-electron chi connectivity index (χ1n) is 10.6.